The molecule has 60 heteroatoms. The molecule has 0 amide bonds. The molecule has 8 unspecified atom stereocenters. The zero-order valence-electron chi connectivity index (χ0n) is 80.9. The van der Waals surface area contributed by atoms with Crippen molar-refractivity contribution in [3.05, 3.63) is 0 Å². The quantitative estimate of drug-likeness (QED) is 0.0207. The summed E-state index contributed by atoms with van der Waals surface area (Å²) in [6, 6.07) is 0. The van der Waals surface area contributed by atoms with Gasteiger partial charge in [0.05, 0.1) is 191 Å². The van der Waals surface area contributed by atoms with Gasteiger partial charge in [0.15, 0.2) is 0 Å². The molecule has 0 aliphatic heterocycles. The van der Waals surface area contributed by atoms with Crippen molar-refractivity contribution >= 4 is 0 Å². The molecule has 0 aromatic carbocycles. The van der Waals surface area contributed by atoms with E-state index in [1.165, 1.54) is 34.6 Å². The van der Waals surface area contributed by atoms with Crippen LogP contribution in [-0.2, 0) is 75.8 Å². The maximum absolute atomic E-state index is 13.6. The molecule has 24 nitrogen and oxygen atoms in total. The Labute approximate surface area is 816 Å². The molecule has 0 heterocycles. The number of alkyl halides is 36. The lowest BCUT2D eigenvalue weighted by atomic mass is 9.94. The van der Waals surface area contributed by atoms with Crippen LogP contribution in [0.15, 0.2) is 0 Å². The second kappa shape index (κ2) is 67.9. The molecule has 0 spiro atoms. The van der Waals surface area contributed by atoms with Crippen LogP contribution in [-0.4, -0.2) is 390 Å². The predicted molar refractivity (Wildman–Crippen MR) is 446 cm³/mol. The van der Waals surface area contributed by atoms with Crippen molar-refractivity contribution in [1.29, 1.82) is 0 Å². The van der Waals surface area contributed by atoms with Gasteiger partial charge < -0.3 is 117 Å². The summed E-state index contributed by atoms with van der Waals surface area (Å²) in [6.07, 6.45) is -48.1. The number of aliphatic hydroxyl groups excluding tert-OH is 8. The summed E-state index contributed by atoms with van der Waals surface area (Å²) in [6.45, 7) is -3.66. The van der Waals surface area contributed by atoms with E-state index in [2.05, 4.69) is 18.9 Å². The van der Waals surface area contributed by atoms with Crippen LogP contribution in [0.4, 0.5) is 158 Å². The third-order valence-electron chi connectivity index (χ3n) is 19.4. The largest absolute Gasteiger partial charge is 0.455 e. The molecule has 144 heavy (non-hydrogen) atoms. The van der Waals surface area contributed by atoms with E-state index >= 15 is 0 Å². The van der Waals surface area contributed by atoms with E-state index in [9.17, 15) is 199 Å². The second-order valence-corrected chi connectivity index (χ2v) is 37.7. The summed E-state index contributed by atoms with van der Waals surface area (Å²) >= 11 is 0. The Balaban J connectivity index is -0.000000294. The summed E-state index contributed by atoms with van der Waals surface area (Å²) in [5, 5.41) is 75.5. The van der Waals surface area contributed by atoms with Crippen LogP contribution >= 0.6 is 0 Å². The second-order valence-electron chi connectivity index (χ2n) is 37.7. The van der Waals surface area contributed by atoms with Gasteiger partial charge in [-0.3, -0.25) is 0 Å². The fourth-order valence-corrected chi connectivity index (χ4v) is 10.4. The summed E-state index contributed by atoms with van der Waals surface area (Å²) < 4.78 is 529. The highest BCUT2D eigenvalue weighted by atomic mass is 19.5. The third-order valence-corrected chi connectivity index (χ3v) is 19.4. The Kier molecular flexibility index (Phi) is 69.2. The van der Waals surface area contributed by atoms with E-state index in [0.29, 0.717) is 51.4 Å². The molecular formula is C84H148F36O24. The number of hydrogen-bond donors (Lipinski definition) is 8. The first-order valence-electron chi connectivity index (χ1n) is 44.3. The monoisotopic (exact) mass is 2220 g/mol. The maximum atomic E-state index is 13.6. The predicted octanol–water partition coefficient (Wildman–Crippen LogP) is 19.0. The minimum atomic E-state index is -6.14. The smallest absolute Gasteiger partial charge is 0.396 e. The van der Waals surface area contributed by atoms with Crippen molar-refractivity contribution in [1.82, 2.24) is 0 Å². The molecule has 0 aromatic heterocycles. The summed E-state index contributed by atoms with van der Waals surface area (Å²) in [4.78, 5) is 0. The van der Waals surface area contributed by atoms with Crippen LogP contribution in [0.3, 0.4) is 0 Å². The zero-order chi connectivity index (χ0) is 112. The van der Waals surface area contributed by atoms with Gasteiger partial charge >= 0.3 is 67.2 Å². The molecular weight excluding hydrogens is 2080 g/mol. The van der Waals surface area contributed by atoms with Crippen LogP contribution in [0.2, 0.25) is 0 Å². The first kappa shape index (κ1) is 147. The molecule has 0 aromatic rings. The highest BCUT2D eigenvalue weighted by molar-refractivity contribution is 4.86. The van der Waals surface area contributed by atoms with Crippen molar-refractivity contribution in [2.24, 2.45) is 43.3 Å². The molecule has 0 saturated carbocycles. The van der Waals surface area contributed by atoms with Crippen molar-refractivity contribution in [2.75, 3.05) is 264 Å². The van der Waals surface area contributed by atoms with Crippen LogP contribution < -0.4 is 0 Å². The van der Waals surface area contributed by atoms with Gasteiger partial charge in [0.25, 0.3) is 17.8 Å². The van der Waals surface area contributed by atoms with Gasteiger partial charge in [0, 0.05) is 115 Å². The maximum Gasteiger partial charge on any atom is 0.455 e. The van der Waals surface area contributed by atoms with E-state index in [1.807, 2.05) is 0 Å². The summed E-state index contributed by atoms with van der Waals surface area (Å²) in [7, 11) is 0. The Morgan fingerprint density at radius 1 is 0.153 bits per heavy atom. The van der Waals surface area contributed by atoms with Crippen LogP contribution in [0.25, 0.3) is 0 Å². The number of ether oxygens (including phenoxy) is 16. The average Bonchev–Trinajstić information content (AvgIpc) is 0.809. The first-order chi connectivity index (χ1) is 65.3. The normalized spacial score (nSPS) is 16.9. The van der Waals surface area contributed by atoms with Crippen molar-refractivity contribution in [3.8, 4) is 0 Å². The minimum Gasteiger partial charge on any atom is -0.396 e. The van der Waals surface area contributed by atoms with Crippen LogP contribution in [0.5, 0.6) is 0 Å². The molecule has 8 N–H and O–H groups in total. The lowest BCUT2D eigenvalue weighted by Crippen LogP contribution is -2.44. The standard InChI is InChI=1S/C24H38F12O6.C22H36F10O6.C20H34F8O6.C18H32F6O6.4H2/c1-18(11-37,15-41-8-5-20(25,26)10-23(31,32)33)13-39-6-3-4-7-40-14-19(2,12-38)16-42-17-21(27,28)9-22(29,30)24(34,35)36;1-17(10-33,14-37-8-5-20(25,26)22(30,31)32)12-35-6-3-4-7-36-13-18(2,11-34)15-38-16-19(23,24)9-21(27,28)29;1-16(9-29,13-33-8-5-19(23,24)25)11-31-6-3-4-7-32-12-17(2,10-30)14-34-15-18(21,22)20(26,27)28;1-15(7-25,11-29-13-17(19,20)21)9-27-5-3-4-6-28-10-16(2,8-26)12-30-14-18(22,23)24;;;;/h37-38H,3-17H2,1-2H3;33-34H,3-16H2,1-2H3;29-30H,3-15H2,1-2H3;25-26H,3-14H2,1-2H3;4*1H. The van der Waals surface area contributed by atoms with Crippen molar-refractivity contribution < 1.29 is 280 Å². The van der Waals surface area contributed by atoms with E-state index in [1.54, 1.807) is 20.8 Å². The SMILES string of the molecule is CC(CO)(COCCCCOCC(C)(CO)COCC(F)(F)C(F)(F)F)COCCC(F)(F)F.CC(CO)(COCCCCOCC(C)(CO)COCC(F)(F)CC(F)(F)C(F)(F)F)COCCC(F)(F)CC(F)(F)F.CC(CO)(COCCCCOCC(C)(CO)COCC(F)(F)CC(F)(F)F)COCCC(F)(F)C(F)(F)F.CC(CO)(COCCCCOCC(C)(CO)COCC(F)(F)F)COCC(F)(F)F.[HH].[HH].[HH].[HH]. The Morgan fingerprint density at radius 3 is 0.521 bits per heavy atom. The molecule has 0 fully saturated rings. The number of aliphatic hydroxyl groups is 8. The molecule has 880 valence electrons. The molecule has 8 atom stereocenters. The van der Waals surface area contributed by atoms with Crippen molar-refractivity contribution in [3.63, 3.8) is 0 Å². The van der Waals surface area contributed by atoms with Crippen molar-refractivity contribution in [2.45, 2.75) is 230 Å². The average molecular weight is 2230 g/mol. The molecule has 0 bridgehead atoms. The van der Waals surface area contributed by atoms with E-state index in [0.717, 1.165) is 0 Å². The lowest BCUT2D eigenvalue weighted by molar-refractivity contribution is -0.303. The Bertz CT molecular complexity index is 3180. The number of hydrogen-bond acceptors (Lipinski definition) is 24. The summed E-state index contributed by atoms with van der Waals surface area (Å²) in [5.74, 6) is -28.1. The lowest BCUT2D eigenvalue weighted by Gasteiger charge is -2.29. The van der Waals surface area contributed by atoms with E-state index < -0.39 is 286 Å². The Hall–Kier alpha value is -3.48. The Morgan fingerprint density at radius 2 is 0.326 bits per heavy atom. The highest BCUT2D eigenvalue weighted by Crippen LogP contribution is 2.45. The number of rotatable bonds is 80. The zero-order valence-corrected chi connectivity index (χ0v) is 80.9. The summed E-state index contributed by atoms with van der Waals surface area (Å²) in [5.41, 5.74) is -8.40. The fraction of sp³-hybridized carbons (Fsp3) is 1.00. The van der Waals surface area contributed by atoms with E-state index in [-0.39, 0.29) is 151 Å². The molecule has 0 rings (SSSR count). The molecule has 0 aliphatic rings. The van der Waals surface area contributed by atoms with Crippen LogP contribution in [0, 0.1) is 43.3 Å². The van der Waals surface area contributed by atoms with Gasteiger partial charge in [-0.25, -0.2) is 26.3 Å². The van der Waals surface area contributed by atoms with Gasteiger partial charge in [-0.15, -0.1) is 0 Å². The van der Waals surface area contributed by atoms with E-state index in [4.69, 9.17) is 56.8 Å². The molecule has 0 aliphatic carbocycles. The topological polar surface area (TPSA) is 310 Å². The van der Waals surface area contributed by atoms with Gasteiger partial charge in [0.1, 0.15) is 45.9 Å². The number of halogens is 36. The van der Waals surface area contributed by atoms with Gasteiger partial charge in [-0.1, -0.05) is 55.4 Å². The van der Waals surface area contributed by atoms with Crippen LogP contribution in [0.1, 0.15) is 151 Å². The molecule has 0 radical (unpaired) electrons. The van der Waals surface area contributed by atoms with Gasteiger partial charge in [-0.05, 0) is 51.4 Å². The highest BCUT2D eigenvalue weighted by Gasteiger charge is 2.62. The number of unbranched alkanes of at least 4 members (excludes halogenated alkanes) is 4. The first-order valence-corrected chi connectivity index (χ1v) is 44.3. The van der Waals surface area contributed by atoms with Gasteiger partial charge in [-0.2, -0.15) is 132 Å². The fourth-order valence-electron chi connectivity index (χ4n) is 10.4. The third kappa shape index (κ3) is 76.9. The van der Waals surface area contributed by atoms with Gasteiger partial charge in [0.2, 0.25) is 0 Å². The minimum absolute atomic E-state index is 0. The molecule has 0 saturated heterocycles.